The van der Waals surface area contributed by atoms with Gasteiger partial charge in [-0.2, -0.15) is 0 Å². The fourth-order valence-electron chi connectivity index (χ4n) is 2.78. The number of aromatic nitrogens is 1. The molecule has 0 aromatic carbocycles. The molecule has 0 aliphatic carbocycles. The number of likely N-dealkylation sites (tertiary alicyclic amines) is 1. The van der Waals surface area contributed by atoms with E-state index in [0.29, 0.717) is 25.1 Å². The largest absolute Gasteiger partial charge is 0.479 e. The second-order valence-electron chi connectivity index (χ2n) is 4.90. The molecule has 1 N–H and O–H groups in total. The van der Waals surface area contributed by atoms with Gasteiger partial charge < -0.3 is 10.0 Å². The molecule has 0 saturated carbocycles. The summed E-state index contributed by atoms with van der Waals surface area (Å²) in [7, 11) is 0. The highest BCUT2D eigenvalue weighted by Gasteiger charge is 2.49. The minimum Gasteiger partial charge on any atom is -0.479 e. The molecule has 1 aromatic heterocycles. The van der Waals surface area contributed by atoms with E-state index in [9.17, 15) is 14.7 Å². The van der Waals surface area contributed by atoms with Gasteiger partial charge in [0, 0.05) is 11.9 Å². The van der Waals surface area contributed by atoms with Crippen molar-refractivity contribution in [1.29, 1.82) is 0 Å². The Morgan fingerprint density at radius 1 is 1.58 bits per heavy atom. The van der Waals surface area contributed by atoms with Crippen LogP contribution in [0, 0.1) is 6.92 Å². The molecular formula is C13H18N2O3S. The first-order valence-corrected chi connectivity index (χ1v) is 7.36. The Bertz CT molecular complexity index is 500. The zero-order valence-corrected chi connectivity index (χ0v) is 12.0. The van der Waals surface area contributed by atoms with E-state index in [1.54, 1.807) is 5.38 Å². The summed E-state index contributed by atoms with van der Waals surface area (Å²) in [4.78, 5) is 29.8. The number of hydrogen-bond acceptors (Lipinski definition) is 4. The molecule has 6 heteroatoms. The molecule has 1 atom stereocenters. The maximum absolute atomic E-state index is 12.5. The number of amides is 1. The number of carboxylic acids is 1. The average Bonchev–Trinajstić information content (AvgIpc) is 2.96. The van der Waals surface area contributed by atoms with Crippen molar-refractivity contribution in [3.8, 4) is 0 Å². The number of thiazole rings is 1. The fraction of sp³-hybridized carbons (Fsp3) is 0.615. The summed E-state index contributed by atoms with van der Waals surface area (Å²) in [5.41, 5.74) is -0.672. The minimum atomic E-state index is -1.04. The molecule has 0 spiro atoms. The Hall–Kier alpha value is -1.43. The first-order chi connectivity index (χ1) is 9.01. The lowest BCUT2D eigenvalue weighted by Gasteiger charge is -2.34. The Kier molecular flexibility index (Phi) is 3.89. The summed E-state index contributed by atoms with van der Waals surface area (Å²) < 4.78 is 0. The predicted molar refractivity (Wildman–Crippen MR) is 72.4 cm³/mol. The number of hydrogen-bond donors (Lipinski definition) is 1. The lowest BCUT2D eigenvalue weighted by atomic mass is 9.90. The van der Waals surface area contributed by atoms with Gasteiger partial charge in [-0.3, -0.25) is 4.79 Å². The number of aliphatic carboxylic acids is 1. The van der Waals surface area contributed by atoms with Crippen LogP contribution in [-0.2, 0) is 4.79 Å². The van der Waals surface area contributed by atoms with E-state index in [1.165, 1.54) is 16.2 Å². The van der Waals surface area contributed by atoms with Crippen LogP contribution in [-0.4, -0.2) is 39.0 Å². The molecule has 19 heavy (non-hydrogen) atoms. The minimum absolute atomic E-state index is 0.252. The third-order valence-corrected chi connectivity index (χ3v) is 4.41. The van der Waals surface area contributed by atoms with Gasteiger partial charge in [0.1, 0.15) is 11.2 Å². The number of carbonyl (C=O) groups is 2. The van der Waals surface area contributed by atoms with Crippen LogP contribution in [0.25, 0.3) is 0 Å². The van der Waals surface area contributed by atoms with Gasteiger partial charge in [-0.1, -0.05) is 13.3 Å². The third kappa shape index (κ3) is 2.36. The molecule has 1 amide bonds. The van der Waals surface area contributed by atoms with Crippen LogP contribution in [0.4, 0.5) is 0 Å². The first-order valence-electron chi connectivity index (χ1n) is 6.49. The van der Waals surface area contributed by atoms with Crippen LogP contribution in [0.5, 0.6) is 0 Å². The maximum atomic E-state index is 12.5. The summed E-state index contributed by atoms with van der Waals surface area (Å²) in [5.74, 6) is -1.15. The van der Waals surface area contributed by atoms with Crippen molar-refractivity contribution >= 4 is 23.2 Å². The van der Waals surface area contributed by atoms with E-state index in [-0.39, 0.29) is 5.91 Å². The van der Waals surface area contributed by atoms with Gasteiger partial charge in [0.25, 0.3) is 5.91 Å². The van der Waals surface area contributed by atoms with Crippen LogP contribution < -0.4 is 0 Å². The highest BCUT2D eigenvalue weighted by molar-refractivity contribution is 7.09. The van der Waals surface area contributed by atoms with E-state index in [1.807, 2.05) is 13.8 Å². The lowest BCUT2D eigenvalue weighted by Crippen LogP contribution is -2.53. The molecule has 1 fully saturated rings. The molecule has 0 radical (unpaired) electrons. The van der Waals surface area contributed by atoms with Gasteiger partial charge >= 0.3 is 5.97 Å². The van der Waals surface area contributed by atoms with Crippen molar-refractivity contribution in [2.45, 2.75) is 45.1 Å². The summed E-state index contributed by atoms with van der Waals surface area (Å²) in [5, 5.41) is 12.1. The molecule has 1 aliphatic heterocycles. The zero-order valence-electron chi connectivity index (χ0n) is 11.2. The number of aryl methyl sites for hydroxylation is 1. The van der Waals surface area contributed by atoms with Gasteiger partial charge in [-0.15, -0.1) is 11.3 Å². The normalized spacial score (nSPS) is 22.7. The standard InChI is InChI=1S/C13H18N2O3S/c1-3-5-13(12(17)18)6-4-7-15(13)11(16)10-8-19-9(2)14-10/h8H,3-7H2,1-2H3,(H,17,18). The lowest BCUT2D eigenvalue weighted by molar-refractivity contribution is -0.148. The SMILES string of the molecule is CCCC1(C(=O)O)CCCN1C(=O)c1csc(C)n1. The van der Waals surface area contributed by atoms with E-state index < -0.39 is 11.5 Å². The predicted octanol–water partition coefficient (Wildman–Crippen LogP) is 2.31. The van der Waals surface area contributed by atoms with Crippen LogP contribution in [0.1, 0.15) is 48.1 Å². The maximum Gasteiger partial charge on any atom is 0.329 e. The highest BCUT2D eigenvalue weighted by atomic mass is 32.1. The first kappa shape index (κ1) is 14.0. The van der Waals surface area contributed by atoms with Crippen LogP contribution in [0.15, 0.2) is 5.38 Å². The van der Waals surface area contributed by atoms with Gasteiger partial charge in [-0.25, -0.2) is 9.78 Å². The monoisotopic (exact) mass is 282 g/mol. The van der Waals surface area contributed by atoms with E-state index >= 15 is 0 Å². The van der Waals surface area contributed by atoms with Crippen molar-refractivity contribution in [3.05, 3.63) is 16.1 Å². The number of carbonyl (C=O) groups excluding carboxylic acids is 1. The summed E-state index contributed by atoms with van der Waals surface area (Å²) in [6.07, 6.45) is 2.51. The zero-order chi connectivity index (χ0) is 14.0. The van der Waals surface area contributed by atoms with E-state index in [2.05, 4.69) is 4.98 Å². The molecule has 5 nitrogen and oxygen atoms in total. The van der Waals surface area contributed by atoms with Crippen molar-refractivity contribution < 1.29 is 14.7 Å². The number of rotatable bonds is 4. The Morgan fingerprint density at radius 2 is 2.32 bits per heavy atom. The van der Waals surface area contributed by atoms with Crippen molar-refractivity contribution in [3.63, 3.8) is 0 Å². The van der Waals surface area contributed by atoms with Gasteiger partial charge in [0.15, 0.2) is 0 Å². The van der Waals surface area contributed by atoms with Crippen LogP contribution in [0.2, 0.25) is 0 Å². The number of carboxylic acid groups (broad SMARTS) is 1. The number of nitrogens with zero attached hydrogens (tertiary/aromatic N) is 2. The fourth-order valence-corrected chi connectivity index (χ4v) is 3.36. The van der Waals surface area contributed by atoms with Gasteiger partial charge in [0.05, 0.1) is 5.01 Å². The van der Waals surface area contributed by atoms with Crippen molar-refractivity contribution in [2.24, 2.45) is 0 Å². The van der Waals surface area contributed by atoms with Crippen LogP contribution in [0.3, 0.4) is 0 Å². The molecular weight excluding hydrogens is 264 g/mol. The topological polar surface area (TPSA) is 70.5 Å². The van der Waals surface area contributed by atoms with E-state index in [4.69, 9.17) is 0 Å². The van der Waals surface area contributed by atoms with Crippen LogP contribution >= 0.6 is 11.3 Å². The molecule has 0 bridgehead atoms. The Morgan fingerprint density at radius 3 is 2.84 bits per heavy atom. The molecule has 104 valence electrons. The molecule has 1 saturated heterocycles. The summed E-state index contributed by atoms with van der Waals surface area (Å²) >= 11 is 1.41. The second kappa shape index (κ2) is 5.28. The van der Waals surface area contributed by atoms with Crippen molar-refractivity contribution in [2.75, 3.05) is 6.54 Å². The average molecular weight is 282 g/mol. The molecule has 1 aliphatic rings. The highest BCUT2D eigenvalue weighted by Crippen LogP contribution is 2.35. The molecule has 1 unspecified atom stereocenters. The second-order valence-corrected chi connectivity index (χ2v) is 5.96. The Labute approximate surface area is 116 Å². The van der Waals surface area contributed by atoms with Crippen molar-refractivity contribution in [1.82, 2.24) is 9.88 Å². The summed E-state index contributed by atoms with van der Waals surface area (Å²) in [6, 6.07) is 0. The summed E-state index contributed by atoms with van der Waals surface area (Å²) in [6.45, 7) is 4.28. The Balaban J connectivity index is 2.31. The third-order valence-electron chi connectivity index (χ3n) is 3.63. The van der Waals surface area contributed by atoms with Gasteiger partial charge in [-0.05, 0) is 26.2 Å². The molecule has 2 rings (SSSR count). The molecule has 1 aromatic rings. The molecule has 2 heterocycles. The quantitative estimate of drug-likeness (QED) is 0.920. The smallest absolute Gasteiger partial charge is 0.329 e. The van der Waals surface area contributed by atoms with Gasteiger partial charge in [0.2, 0.25) is 0 Å². The van der Waals surface area contributed by atoms with E-state index in [0.717, 1.165) is 17.8 Å².